The number of rotatable bonds is 10. The van der Waals surface area contributed by atoms with Gasteiger partial charge in [0.2, 0.25) is 5.75 Å². The van der Waals surface area contributed by atoms with Crippen LogP contribution in [-0.2, 0) is 4.74 Å². The molecule has 0 saturated carbocycles. The van der Waals surface area contributed by atoms with Gasteiger partial charge in [-0.3, -0.25) is 0 Å². The standard InChI is InChI=1S/C17H27NO4/c1-19-15-8-5-9-16(20-2)17(15)22-11-4-3-10-18-13-14-7-6-12-21-14/h5,8-9,14,18H,3-4,6-7,10-13H2,1-2H3/p+1/t14-/m1/s1. The summed E-state index contributed by atoms with van der Waals surface area (Å²) < 4.78 is 22.1. The summed E-state index contributed by atoms with van der Waals surface area (Å²) in [5, 5.41) is 2.35. The van der Waals surface area contributed by atoms with Crippen LogP contribution in [0.2, 0.25) is 0 Å². The largest absolute Gasteiger partial charge is 0.493 e. The second-order valence-electron chi connectivity index (χ2n) is 5.50. The van der Waals surface area contributed by atoms with Crippen molar-refractivity contribution in [3.8, 4) is 17.2 Å². The average molecular weight is 310 g/mol. The molecule has 1 aliphatic rings. The van der Waals surface area contributed by atoms with E-state index in [4.69, 9.17) is 18.9 Å². The number of para-hydroxylation sites is 1. The minimum Gasteiger partial charge on any atom is -0.493 e. The number of unbranched alkanes of at least 4 members (excludes halogenated alkanes) is 1. The second-order valence-corrected chi connectivity index (χ2v) is 5.50. The third kappa shape index (κ3) is 5.07. The van der Waals surface area contributed by atoms with Crippen LogP contribution in [0.3, 0.4) is 0 Å². The fourth-order valence-corrected chi connectivity index (χ4v) is 2.66. The molecule has 0 radical (unpaired) electrons. The van der Waals surface area contributed by atoms with Crippen LogP contribution in [-0.4, -0.2) is 46.6 Å². The lowest BCUT2D eigenvalue weighted by molar-refractivity contribution is -0.661. The first-order valence-electron chi connectivity index (χ1n) is 8.12. The molecule has 1 heterocycles. The van der Waals surface area contributed by atoms with E-state index in [2.05, 4.69) is 5.32 Å². The minimum absolute atomic E-state index is 0.467. The lowest BCUT2D eigenvalue weighted by atomic mass is 10.2. The molecule has 0 aromatic heterocycles. The fourth-order valence-electron chi connectivity index (χ4n) is 2.66. The molecule has 22 heavy (non-hydrogen) atoms. The molecule has 0 bridgehead atoms. The lowest BCUT2D eigenvalue weighted by Gasteiger charge is -2.14. The molecule has 5 nitrogen and oxygen atoms in total. The van der Waals surface area contributed by atoms with Crippen LogP contribution in [0.15, 0.2) is 18.2 Å². The first-order chi connectivity index (χ1) is 10.8. The molecule has 1 aromatic carbocycles. The summed E-state index contributed by atoms with van der Waals surface area (Å²) in [6.45, 7) is 3.81. The fraction of sp³-hybridized carbons (Fsp3) is 0.647. The third-order valence-corrected chi connectivity index (χ3v) is 3.89. The molecule has 2 rings (SSSR count). The Hall–Kier alpha value is -1.46. The van der Waals surface area contributed by atoms with Gasteiger partial charge in [0.15, 0.2) is 11.5 Å². The van der Waals surface area contributed by atoms with Gasteiger partial charge < -0.3 is 24.3 Å². The summed E-state index contributed by atoms with van der Waals surface area (Å²) in [5.74, 6) is 2.12. The Morgan fingerprint density at radius 1 is 1.18 bits per heavy atom. The van der Waals surface area contributed by atoms with E-state index in [9.17, 15) is 0 Å². The molecule has 1 atom stereocenters. The molecule has 0 amide bonds. The zero-order valence-electron chi connectivity index (χ0n) is 13.7. The maximum Gasteiger partial charge on any atom is 0.203 e. The van der Waals surface area contributed by atoms with Gasteiger partial charge in [0.25, 0.3) is 0 Å². The topological polar surface area (TPSA) is 53.5 Å². The van der Waals surface area contributed by atoms with Crippen molar-refractivity contribution in [1.82, 2.24) is 0 Å². The Balaban J connectivity index is 1.62. The summed E-state index contributed by atoms with van der Waals surface area (Å²) in [7, 11) is 3.28. The van der Waals surface area contributed by atoms with Crippen LogP contribution in [0.25, 0.3) is 0 Å². The molecule has 1 aliphatic heterocycles. The Labute approximate surface area is 132 Å². The predicted molar refractivity (Wildman–Crippen MR) is 84.9 cm³/mol. The molecular weight excluding hydrogens is 282 g/mol. The first kappa shape index (κ1) is 16.9. The zero-order chi connectivity index (χ0) is 15.6. The molecule has 0 aliphatic carbocycles. The van der Waals surface area contributed by atoms with Crippen molar-refractivity contribution < 1.29 is 24.3 Å². The second kappa shape index (κ2) is 9.54. The van der Waals surface area contributed by atoms with E-state index < -0.39 is 0 Å². The molecule has 0 spiro atoms. The molecule has 1 aromatic rings. The van der Waals surface area contributed by atoms with Gasteiger partial charge in [0, 0.05) is 6.61 Å². The van der Waals surface area contributed by atoms with Crippen molar-refractivity contribution in [3.63, 3.8) is 0 Å². The van der Waals surface area contributed by atoms with Crippen molar-refractivity contribution in [3.05, 3.63) is 18.2 Å². The van der Waals surface area contributed by atoms with Crippen molar-refractivity contribution >= 4 is 0 Å². The first-order valence-corrected chi connectivity index (χ1v) is 8.12. The average Bonchev–Trinajstić information content (AvgIpc) is 3.07. The van der Waals surface area contributed by atoms with E-state index >= 15 is 0 Å². The van der Waals surface area contributed by atoms with E-state index in [1.54, 1.807) is 14.2 Å². The van der Waals surface area contributed by atoms with Crippen LogP contribution in [0, 0.1) is 0 Å². The summed E-state index contributed by atoms with van der Waals surface area (Å²) in [6, 6.07) is 5.66. The Morgan fingerprint density at radius 2 is 1.95 bits per heavy atom. The van der Waals surface area contributed by atoms with Crippen LogP contribution < -0.4 is 19.5 Å². The molecular formula is C17H28NO4+. The van der Waals surface area contributed by atoms with Crippen LogP contribution in [0.4, 0.5) is 0 Å². The van der Waals surface area contributed by atoms with Crippen molar-refractivity contribution in [2.45, 2.75) is 31.8 Å². The van der Waals surface area contributed by atoms with E-state index in [1.807, 2.05) is 18.2 Å². The smallest absolute Gasteiger partial charge is 0.203 e. The Bertz CT molecular complexity index is 410. The highest BCUT2D eigenvalue weighted by Gasteiger charge is 2.16. The molecule has 1 saturated heterocycles. The number of hydrogen-bond acceptors (Lipinski definition) is 4. The van der Waals surface area contributed by atoms with Gasteiger partial charge in [-0.05, 0) is 37.8 Å². The SMILES string of the molecule is COc1cccc(OC)c1OCCCC[NH2+]C[C@H]1CCCO1. The van der Waals surface area contributed by atoms with Gasteiger partial charge in [-0.2, -0.15) is 0 Å². The van der Waals surface area contributed by atoms with Gasteiger partial charge in [-0.15, -0.1) is 0 Å². The minimum atomic E-state index is 0.467. The molecule has 0 unspecified atom stereocenters. The van der Waals surface area contributed by atoms with E-state index in [0.29, 0.717) is 30.0 Å². The van der Waals surface area contributed by atoms with Crippen molar-refractivity contribution in [1.29, 1.82) is 0 Å². The molecule has 2 N–H and O–H groups in total. The number of hydrogen-bond donors (Lipinski definition) is 1. The van der Waals surface area contributed by atoms with Gasteiger partial charge in [0.05, 0.1) is 27.4 Å². The van der Waals surface area contributed by atoms with E-state index in [1.165, 1.54) is 12.8 Å². The molecule has 1 fully saturated rings. The number of quaternary nitrogens is 1. The maximum atomic E-state index is 5.84. The predicted octanol–water partition coefficient (Wildman–Crippen LogP) is 1.61. The summed E-state index contributed by atoms with van der Waals surface area (Å²) in [6.07, 6.45) is 5.04. The molecule has 5 heteroatoms. The third-order valence-electron chi connectivity index (χ3n) is 3.89. The van der Waals surface area contributed by atoms with E-state index in [0.717, 1.165) is 32.5 Å². The van der Waals surface area contributed by atoms with Gasteiger partial charge >= 0.3 is 0 Å². The number of nitrogens with two attached hydrogens (primary N) is 1. The molecule has 124 valence electrons. The lowest BCUT2D eigenvalue weighted by Crippen LogP contribution is -2.86. The van der Waals surface area contributed by atoms with Crippen LogP contribution in [0.5, 0.6) is 17.2 Å². The Morgan fingerprint density at radius 3 is 2.59 bits per heavy atom. The van der Waals surface area contributed by atoms with E-state index in [-0.39, 0.29) is 0 Å². The number of ether oxygens (including phenoxy) is 4. The van der Waals surface area contributed by atoms with Crippen LogP contribution >= 0.6 is 0 Å². The van der Waals surface area contributed by atoms with Crippen molar-refractivity contribution in [2.75, 3.05) is 40.5 Å². The number of methoxy groups -OCH3 is 2. The Kier molecular flexibility index (Phi) is 7.33. The highest BCUT2D eigenvalue weighted by Crippen LogP contribution is 2.36. The zero-order valence-corrected chi connectivity index (χ0v) is 13.7. The quantitative estimate of drug-likeness (QED) is 0.667. The van der Waals surface area contributed by atoms with Gasteiger partial charge in [-0.25, -0.2) is 0 Å². The van der Waals surface area contributed by atoms with Crippen molar-refractivity contribution in [2.24, 2.45) is 0 Å². The van der Waals surface area contributed by atoms with Crippen LogP contribution in [0.1, 0.15) is 25.7 Å². The highest BCUT2D eigenvalue weighted by atomic mass is 16.5. The van der Waals surface area contributed by atoms with Gasteiger partial charge in [0.1, 0.15) is 12.6 Å². The summed E-state index contributed by atoms with van der Waals surface area (Å²) in [5.41, 5.74) is 0. The van der Waals surface area contributed by atoms with Gasteiger partial charge in [-0.1, -0.05) is 6.07 Å². The summed E-state index contributed by atoms with van der Waals surface area (Å²) in [4.78, 5) is 0. The monoisotopic (exact) mass is 310 g/mol. The summed E-state index contributed by atoms with van der Waals surface area (Å²) >= 11 is 0. The number of benzene rings is 1. The normalized spacial score (nSPS) is 17.5. The highest BCUT2D eigenvalue weighted by molar-refractivity contribution is 5.51. The maximum absolute atomic E-state index is 5.84.